The molecule has 0 aliphatic rings. The van der Waals surface area contributed by atoms with Crippen LogP contribution in [-0.2, 0) is 0 Å². The predicted molar refractivity (Wildman–Crippen MR) is 77.0 cm³/mol. The first-order valence-corrected chi connectivity index (χ1v) is 6.19. The van der Waals surface area contributed by atoms with E-state index in [-0.39, 0.29) is 18.5 Å². The van der Waals surface area contributed by atoms with E-state index in [1.807, 2.05) is 7.05 Å². The van der Waals surface area contributed by atoms with Gasteiger partial charge in [0.1, 0.15) is 5.75 Å². The molecule has 17 heavy (non-hydrogen) atoms. The number of rotatable bonds is 6. The van der Waals surface area contributed by atoms with E-state index < -0.39 is 0 Å². The number of ether oxygens (including phenoxy) is 1. The summed E-state index contributed by atoms with van der Waals surface area (Å²) in [5.74, 6) is 0.664. The molecule has 0 bridgehead atoms. The first-order valence-electron chi connectivity index (χ1n) is 5.43. The SMILES string of the molecule is CCC(CCNC)Oc1cc(Cl)ccc1Cl.Cl. The summed E-state index contributed by atoms with van der Waals surface area (Å²) in [4.78, 5) is 0. The van der Waals surface area contributed by atoms with E-state index in [2.05, 4.69) is 12.2 Å². The van der Waals surface area contributed by atoms with E-state index >= 15 is 0 Å². The Morgan fingerprint density at radius 2 is 2.06 bits per heavy atom. The molecule has 1 atom stereocenters. The van der Waals surface area contributed by atoms with Crippen LogP contribution in [0, 0.1) is 0 Å². The largest absolute Gasteiger partial charge is 0.489 e. The monoisotopic (exact) mass is 297 g/mol. The lowest BCUT2D eigenvalue weighted by molar-refractivity contribution is 0.187. The third-order valence-corrected chi connectivity index (χ3v) is 2.91. The topological polar surface area (TPSA) is 21.3 Å². The van der Waals surface area contributed by atoms with Crippen LogP contribution in [0.4, 0.5) is 0 Å². The molecule has 1 rings (SSSR count). The minimum atomic E-state index is 0. The van der Waals surface area contributed by atoms with Crippen LogP contribution in [-0.4, -0.2) is 19.7 Å². The molecular formula is C12H18Cl3NO. The molecule has 0 aliphatic heterocycles. The summed E-state index contributed by atoms with van der Waals surface area (Å²) in [6, 6.07) is 5.27. The van der Waals surface area contributed by atoms with Crippen LogP contribution in [0.15, 0.2) is 18.2 Å². The van der Waals surface area contributed by atoms with Crippen molar-refractivity contribution in [3.05, 3.63) is 28.2 Å². The molecule has 0 saturated carbocycles. The van der Waals surface area contributed by atoms with Gasteiger partial charge in [-0.2, -0.15) is 0 Å². The molecule has 2 nitrogen and oxygen atoms in total. The van der Waals surface area contributed by atoms with Gasteiger partial charge >= 0.3 is 0 Å². The van der Waals surface area contributed by atoms with Gasteiger partial charge in [-0.1, -0.05) is 30.1 Å². The van der Waals surface area contributed by atoms with E-state index in [1.54, 1.807) is 18.2 Å². The van der Waals surface area contributed by atoms with Crippen LogP contribution in [0.3, 0.4) is 0 Å². The molecule has 5 heteroatoms. The minimum Gasteiger partial charge on any atom is -0.489 e. The highest BCUT2D eigenvalue weighted by molar-refractivity contribution is 6.34. The molecule has 1 aromatic rings. The summed E-state index contributed by atoms with van der Waals surface area (Å²) in [5, 5.41) is 4.35. The van der Waals surface area contributed by atoms with Crippen LogP contribution >= 0.6 is 35.6 Å². The number of benzene rings is 1. The van der Waals surface area contributed by atoms with Gasteiger partial charge in [-0.15, -0.1) is 12.4 Å². The van der Waals surface area contributed by atoms with Crippen LogP contribution < -0.4 is 10.1 Å². The van der Waals surface area contributed by atoms with Crippen molar-refractivity contribution in [3.63, 3.8) is 0 Å². The Hall–Kier alpha value is -0.150. The van der Waals surface area contributed by atoms with E-state index in [0.717, 1.165) is 19.4 Å². The third-order valence-electron chi connectivity index (χ3n) is 2.36. The average molecular weight is 299 g/mol. The van der Waals surface area contributed by atoms with Gasteiger partial charge in [-0.3, -0.25) is 0 Å². The van der Waals surface area contributed by atoms with E-state index in [0.29, 0.717) is 15.8 Å². The van der Waals surface area contributed by atoms with E-state index in [4.69, 9.17) is 27.9 Å². The smallest absolute Gasteiger partial charge is 0.139 e. The van der Waals surface area contributed by atoms with Crippen LogP contribution in [0.2, 0.25) is 10.0 Å². The minimum absolute atomic E-state index is 0. The first-order chi connectivity index (χ1) is 7.67. The molecule has 0 heterocycles. The molecule has 98 valence electrons. The summed E-state index contributed by atoms with van der Waals surface area (Å²) in [7, 11) is 1.93. The van der Waals surface area contributed by atoms with Crippen molar-refractivity contribution in [2.75, 3.05) is 13.6 Å². The summed E-state index contributed by atoms with van der Waals surface area (Å²) >= 11 is 11.9. The Morgan fingerprint density at radius 3 is 2.65 bits per heavy atom. The Kier molecular flexibility index (Phi) is 8.79. The van der Waals surface area contributed by atoms with Gasteiger partial charge in [0.05, 0.1) is 11.1 Å². The molecule has 0 aliphatic carbocycles. The van der Waals surface area contributed by atoms with Gasteiger partial charge in [0, 0.05) is 11.1 Å². The van der Waals surface area contributed by atoms with Crippen molar-refractivity contribution in [1.29, 1.82) is 0 Å². The standard InChI is InChI=1S/C12H17Cl2NO.ClH/c1-3-10(6-7-15-2)16-12-8-9(13)4-5-11(12)14;/h4-5,8,10,15H,3,6-7H2,1-2H3;1H. The highest BCUT2D eigenvalue weighted by Gasteiger charge is 2.10. The number of nitrogens with one attached hydrogen (secondary N) is 1. The lowest BCUT2D eigenvalue weighted by Crippen LogP contribution is -2.21. The zero-order chi connectivity index (χ0) is 12.0. The fraction of sp³-hybridized carbons (Fsp3) is 0.500. The molecule has 0 aromatic heterocycles. The second-order valence-corrected chi connectivity index (χ2v) is 4.46. The second-order valence-electron chi connectivity index (χ2n) is 3.62. The van der Waals surface area contributed by atoms with Crippen molar-refractivity contribution in [1.82, 2.24) is 5.32 Å². The Morgan fingerprint density at radius 1 is 1.35 bits per heavy atom. The third kappa shape index (κ3) is 5.82. The molecule has 0 fully saturated rings. The predicted octanol–water partition coefficient (Wildman–Crippen LogP) is 4.18. The highest BCUT2D eigenvalue weighted by Crippen LogP contribution is 2.29. The molecule has 1 N–H and O–H groups in total. The zero-order valence-electron chi connectivity index (χ0n) is 10.0. The maximum absolute atomic E-state index is 6.03. The summed E-state index contributed by atoms with van der Waals surface area (Å²) in [5.41, 5.74) is 0. The summed E-state index contributed by atoms with van der Waals surface area (Å²) in [6.07, 6.45) is 2.07. The lowest BCUT2D eigenvalue weighted by Gasteiger charge is -2.18. The first kappa shape index (κ1) is 16.9. The van der Waals surface area contributed by atoms with E-state index in [9.17, 15) is 0 Å². The molecule has 0 spiro atoms. The zero-order valence-corrected chi connectivity index (χ0v) is 12.3. The molecule has 0 saturated heterocycles. The van der Waals surface area contributed by atoms with Gasteiger partial charge in [0.2, 0.25) is 0 Å². The fourth-order valence-electron chi connectivity index (χ4n) is 1.40. The Balaban J connectivity index is 0.00000256. The quantitative estimate of drug-likeness (QED) is 0.850. The fourth-order valence-corrected chi connectivity index (χ4v) is 1.72. The van der Waals surface area contributed by atoms with Crippen molar-refractivity contribution >= 4 is 35.6 Å². The van der Waals surface area contributed by atoms with Crippen molar-refractivity contribution in [3.8, 4) is 5.75 Å². The van der Waals surface area contributed by atoms with Crippen LogP contribution in [0.1, 0.15) is 19.8 Å². The normalized spacial score (nSPS) is 11.8. The molecule has 1 aromatic carbocycles. The molecule has 0 radical (unpaired) electrons. The van der Waals surface area contributed by atoms with Gasteiger partial charge in [-0.05, 0) is 38.6 Å². The Bertz CT molecular complexity index is 334. The number of hydrogen-bond acceptors (Lipinski definition) is 2. The van der Waals surface area contributed by atoms with E-state index in [1.165, 1.54) is 0 Å². The van der Waals surface area contributed by atoms with Gasteiger partial charge in [0.15, 0.2) is 0 Å². The maximum Gasteiger partial charge on any atom is 0.139 e. The summed E-state index contributed by atoms with van der Waals surface area (Å²) < 4.78 is 5.82. The second kappa shape index (κ2) is 8.87. The molecule has 0 amide bonds. The van der Waals surface area contributed by atoms with Gasteiger partial charge in [-0.25, -0.2) is 0 Å². The van der Waals surface area contributed by atoms with Crippen molar-refractivity contribution in [2.45, 2.75) is 25.9 Å². The number of hydrogen-bond donors (Lipinski definition) is 1. The Labute approximate surface area is 119 Å². The van der Waals surface area contributed by atoms with Crippen molar-refractivity contribution < 1.29 is 4.74 Å². The van der Waals surface area contributed by atoms with Gasteiger partial charge in [0.25, 0.3) is 0 Å². The maximum atomic E-state index is 6.03. The van der Waals surface area contributed by atoms with Crippen LogP contribution in [0.25, 0.3) is 0 Å². The van der Waals surface area contributed by atoms with Gasteiger partial charge < -0.3 is 10.1 Å². The molecular weight excluding hydrogens is 280 g/mol. The average Bonchev–Trinajstić information content (AvgIpc) is 2.28. The highest BCUT2D eigenvalue weighted by atomic mass is 35.5. The summed E-state index contributed by atoms with van der Waals surface area (Å²) in [6.45, 7) is 3.02. The molecule has 1 unspecified atom stereocenters. The number of halogens is 3. The van der Waals surface area contributed by atoms with Crippen molar-refractivity contribution in [2.24, 2.45) is 0 Å². The van der Waals surface area contributed by atoms with Crippen LogP contribution in [0.5, 0.6) is 5.75 Å². The lowest BCUT2D eigenvalue weighted by atomic mass is 10.2.